The van der Waals surface area contributed by atoms with Crippen molar-refractivity contribution >= 4 is 17.7 Å². The van der Waals surface area contributed by atoms with Gasteiger partial charge in [-0.25, -0.2) is 0 Å². The first kappa shape index (κ1) is 31.9. The number of esters is 2. The Bertz CT molecular complexity index is 1090. The van der Waals surface area contributed by atoms with Gasteiger partial charge in [-0.3, -0.25) is 14.4 Å². The van der Waals surface area contributed by atoms with Crippen LogP contribution in [0.1, 0.15) is 112 Å². The predicted octanol–water partition coefficient (Wildman–Crippen LogP) is 4.73. The molecular weight excluding hydrogens is 524 g/mol. The topological polar surface area (TPSA) is 130 Å². The Morgan fingerprint density at radius 3 is 2.22 bits per heavy atom. The van der Waals surface area contributed by atoms with Crippen LogP contribution >= 0.6 is 0 Å². The Morgan fingerprint density at radius 2 is 1.63 bits per heavy atom. The number of unbranched alkanes of at least 4 members (excludes halogenated alkanes) is 8. The van der Waals surface area contributed by atoms with Crippen LogP contribution in [-0.4, -0.2) is 63.1 Å². The molecule has 0 aromatic carbocycles. The zero-order valence-electron chi connectivity index (χ0n) is 25.5. The van der Waals surface area contributed by atoms with Gasteiger partial charge in [-0.1, -0.05) is 84.3 Å². The number of hydrogen-bond donors (Lipinski definition) is 3. The zero-order chi connectivity index (χ0) is 30.2. The van der Waals surface area contributed by atoms with E-state index in [0.717, 1.165) is 19.3 Å². The van der Waals surface area contributed by atoms with Gasteiger partial charge in [0.1, 0.15) is 11.7 Å². The second-order valence-corrected chi connectivity index (χ2v) is 13.5. The third kappa shape index (κ3) is 5.12. The van der Waals surface area contributed by atoms with E-state index in [1.165, 1.54) is 45.4 Å². The lowest BCUT2D eigenvalue weighted by atomic mass is 9.63. The summed E-state index contributed by atoms with van der Waals surface area (Å²) < 4.78 is 11.8. The third-order valence-corrected chi connectivity index (χ3v) is 10.7. The average Bonchev–Trinajstić information content (AvgIpc) is 3.35. The summed E-state index contributed by atoms with van der Waals surface area (Å²) in [6.45, 7) is 8.50. The first-order chi connectivity index (χ1) is 19.3. The summed E-state index contributed by atoms with van der Waals surface area (Å²) in [5.41, 5.74) is -4.60. The fraction of sp³-hybridized carbons (Fsp3) is 0.788. The molecule has 1 unspecified atom stereocenters. The monoisotopic (exact) mass is 574 g/mol. The minimum atomic E-state index is -2.19. The summed E-state index contributed by atoms with van der Waals surface area (Å²) in [4.78, 5) is 39.6. The Balaban J connectivity index is 1.53. The molecule has 3 N–H and O–H groups in total. The number of carbonyl (C=O) groups excluding carboxylic acids is 3. The highest BCUT2D eigenvalue weighted by Crippen LogP contribution is 2.74. The van der Waals surface area contributed by atoms with Crippen molar-refractivity contribution in [2.45, 2.75) is 135 Å². The van der Waals surface area contributed by atoms with Gasteiger partial charge in [0.2, 0.25) is 0 Å². The summed E-state index contributed by atoms with van der Waals surface area (Å²) in [7, 11) is 0. The lowest BCUT2D eigenvalue weighted by Crippen LogP contribution is -2.63. The van der Waals surface area contributed by atoms with E-state index in [2.05, 4.69) is 6.92 Å². The van der Waals surface area contributed by atoms with Crippen LogP contribution in [0, 0.1) is 22.7 Å². The number of aliphatic hydroxyl groups excluding tert-OH is 2. The molecule has 8 heteroatoms. The van der Waals surface area contributed by atoms with Crippen molar-refractivity contribution in [3.05, 3.63) is 23.3 Å². The molecule has 0 heterocycles. The van der Waals surface area contributed by atoms with Crippen molar-refractivity contribution in [1.29, 1.82) is 0 Å². The Morgan fingerprint density at radius 1 is 1.02 bits per heavy atom. The summed E-state index contributed by atoms with van der Waals surface area (Å²) in [5.74, 6) is -2.39. The normalized spacial score (nSPS) is 36.7. The van der Waals surface area contributed by atoms with Crippen LogP contribution in [0.15, 0.2) is 23.3 Å². The van der Waals surface area contributed by atoms with Crippen molar-refractivity contribution in [2.75, 3.05) is 6.61 Å². The number of ketones is 1. The number of fused-ring (bicyclic) bond motifs is 3. The molecule has 0 amide bonds. The van der Waals surface area contributed by atoms with E-state index in [0.29, 0.717) is 18.4 Å². The average molecular weight is 575 g/mol. The zero-order valence-corrected chi connectivity index (χ0v) is 25.5. The van der Waals surface area contributed by atoms with Crippen LogP contribution in [0.4, 0.5) is 0 Å². The van der Waals surface area contributed by atoms with E-state index in [9.17, 15) is 29.7 Å². The standard InChI is InChI=1S/C33H50O8/c1-6-7-8-9-10-11-12-13-14-15-25(36)41-32-17-16-31-19-21(2)29(40-22(3)35)33(31,39)27(37)23(20-34)18-24(28(31)38)26(32)30(32,4)5/h18-19,24,26-27,29,34,37,39H,6-17,20H2,1-5H3/t24-,26+,27+,29-,31?,32-,33-/m0/s1. The highest BCUT2D eigenvalue weighted by molar-refractivity contribution is 5.95. The molecule has 7 atom stereocenters. The van der Waals surface area contributed by atoms with E-state index in [1.54, 1.807) is 19.1 Å². The molecule has 8 nitrogen and oxygen atoms in total. The van der Waals surface area contributed by atoms with Gasteiger partial charge in [0.15, 0.2) is 17.5 Å². The largest absolute Gasteiger partial charge is 0.458 e. The summed E-state index contributed by atoms with van der Waals surface area (Å²) in [6.07, 6.45) is 11.4. The lowest BCUT2D eigenvalue weighted by molar-refractivity contribution is -0.196. The van der Waals surface area contributed by atoms with Crippen LogP contribution in [0.5, 0.6) is 0 Å². The smallest absolute Gasteiger partial charge is 0.306 e. The van der Waals surface area contributed by atoms with Gasteiger partial charge >= 0.3 is 11.9 Å². The fourth-order valence-electron chi connectivity index (χ4n) is 8.46. The molecule has 4 aliphatic carbocycles. The second-order valence-electron chi connectivity index (χ2n) is 13.5. The molecule has 0 radical (unpaired) electrons. The van der Waals surface area contributed by atoms with Crippen molar-refractivity contribution < 1.29 is 39.2 Å². The molecule has 230 valence electrons. The number of aliphatic hydroxyl groups is 3. The summed E-state index contributed by atoms with van der Waals surface area (Å²) >= 11 is 0. The molecule has 2 bridgehead atoms. The van der Waals surface area contributed by atoms with Crippen LogP contribution < -0.4 is 0 Å². The number of allylic oxidation sites excluding steroid dienone is 1. The minimum absolute atomic E-state index is 0.104. The van der Waals surface area contributed by atoms with Crippen LogP contribution in [-0.2, 0) is 23.9 Å². The number of ether oxygens (including phenoxy) is 2. The molecule has 0 aromatic heterocycles. The molecule has 0 aromatic rings. The van der Waals surface area contributed by atoms with Gasteiger partial charge in [0, 0.05) is 30.6 Å². The first-order valence-electron chi connectivity index (χ1n) is 15.7. The second kappa shape index (κ2) is 11.9. The van der Waals surface area contributed by atoms with E-state index in [4.69, 9.17) is 9.47 Å². The molecule has 41 heavy (non-hydrogen) atoms. The van der Waals surface area contributed by atoms with Gasteiger partial charge in [0.25, 0.3) is 0 Å². The number of Topliss-reactive ketones (excluding diaryl/α,β-unsaturated/α-hetero) is 1. The third-order valence-electron chi connectivity index (χ3n) is 10.7. The number of hydrogen-bond acceptors (Lipinski definition) is 8. The molecule has 4 aliphatic rings. The Hall–Kier alpha value is -2.03. The maximum absolute atomic E-state index is 14.4. The van der Waals surface area contributed by atoms with Gasteiger partial charge in [0.05, 0.1) is 12.0 Å². The van der Waals surface area contributed by atoms with Crippen molar-refractivity contribution in [2.24, 2.45) is 22.7 Å². The van der Waals surface area contributed by atoms with Gasteiger partial charge in [-0.15, -0.1) is 0 Å². The van der Waals surface area contributed by atoms with Crippen molar-refractivity contribution in [1.82, 2.24) is 0 Å². The minimum Gasteiger partial charge on any atom is -0.458 e. The quantitative estimate of drug-likeness (QED) is 0.164. The van der Waals surface area contributed by atoms with E-state index in [1.807, 2.05) is 13.8 Å². The highest BCUT2D eigenvalue weighted by Gasteiger charge is 2.82. The molecular formula is C33H50O8. The number of rotatable bonds is 13. The number of carbonyl (C=O) groups is 3. The summed E-state index contributed by atoms with van der Waals surface area (Å²) in [6, 6.07) is 0. The molecule has 2 fully saturated rings. The maximum atomic E-state index is 14.4. The van der Waals surface area contributed by atoms with Gasteiger partial charge < -0.3 is 24.8 Å². The maximum Gasteiger partial charge on any atom is 0.306 e. The summed E-state index contributed by atoms with van der Waals surface area (Å²) in [5, 5.41) is 33.9. The van der Waals surface area contributed by atoms with Gasteiger partial charge in [-0.2, -0.15) is 0 Å². The predicted molar refractivity (Wildman–Crippen MR) is 154 cm³/mol. The Labute approximate surface area is 244 Å². The highest BCUT2D eigenvalue weighted by atomic mass is 16.6. The van der Waals surface area contributed by atoms with Crippen molar-refractivity contribution in [3.8, 4) is 0 Å². The van der Waals surface area contributed by atoms with Gasteiger partial charge in [-0.05, 0) is 37.3 Å². The van der Waals surface area contributed by atoms with E-state index >= 15 is 0 Å². The molecule has 0 saturated heterocycles. The van der Waals surface area contributed by atoms with Crippen LogP contribution in [0.3, 0.4) is 0 Å². The molecule has 4 rings (SSSR count). The van der Waals surface area contributed by atoms with E-state index < -0.39 is 52.7 Å². The SMILES string of the molecule is CCCCCCCCCCCC(=O)O[C@@]12CCC34C=C(C)[C@H](OC(C)=O)[C@@]3(O)[C@H](O)C(CO)=C[C@H](C4=O)[C@@H]1C2(C)C. The fourth-order valence-corrected chi connectivity index (χ4v) is 8.46. The molecule has 2 saturated carbocycles. The Kier molecular flexibility index (Phi) is 9.28. The lowest BCUT2D eigenvalue weighted by Gasteiger charge is -2.46. The molecule has 0 aliphatic heterocycles. The van der Waals surface area contributed by atoms with E-state index in [-0.39, 0.29) is 29.7 Å². The first-order valence-corrected chi connectivity index (χ1v) is 15.7. The van der Waals surface area contributed by atoms with Crippen LogP contribution in [0.25, 0.3) is 0 Å². The molecule has 1 spiro atoms. The van der Waals surface area contributed by atoms with Crippen LogP contribution in [0.2, 0.25) is 0 Å². The van der Waals surface area contributed by atoms with Crippen molar-refractivity contribution in [3.63, 3.8) is 0 Å².